The van der Waals surface area contributed by atoms with Crippen LogP contribution in [0.1, 0.15) is 53.2 Å². The molecule has 1 aromatic heterocycles. The summed E-state index contributed by atoms with van der Waals surface area (Å²) in [6.07, 6.45) is 1.76. The van der Waals surface area contributed by atoms with E-state index in [0.717, 1.165) is 18.5 Å². The van der Waals surface area contributed by atoms with E-state index in [4.69, 9.17) is 4.52 Å². The van der Waals surface area contributed by atoms with Gasteiger partial charge >= 0.3 is 0 Å². The van der Waals surface area contributed by atoms with Crippen molar-refractivity contribution in [1.82, 2.24) is 15.4 Å². The average Bonchev–Trinajstić information content (AvgIpc) is 2.93. The van der Waals surface area contributed by atoms with Crippen molar-refractivity contribution in [1.29, 1.82) is 0 Å². The number of hydrogen-bond acceptors (Lipinski definition) is 5. The van der Waals surface area contributed by atoms with Gasteiger partial charge in [0.2, 0.25) is 17.7 Å². The van der Waals surface area contributed by atoms with Crippen LogP contribution in [0.3, 0.4) is 0 Å². The zero-order chi connectivity index (χ0) is 18.2. The van der Waals surface area contributed by atoms with Crippen LogP contribution >= 0.6 is 0 Å². The lowest BCUT2D eigenvalue weighted by molar-refractivity contribution is -0.123. The fraction of sp³-hybridized carbons (Fsp3) is 0.706. The van der Waals surface area contributed by atoms with Gasteiger partial charge in [-0.2, -0.15) is 0 Å². The van der Waals surface area contributed by atoms with Gasteiger partial charge in [-0.3, -0.25) is 19.8 Å². The summed E-state index contributed by atoms with van der Waals surface area (Å²) < 4.78 is 5.16. The first-order valence-electron chi connectivity index (χ1n) is 8.52. The lowest BCUT2D eigenvalue weighted by Crippen LogP contribution is -2.41. The molecule has 1 heterocycles. The van der Waals surface area contributed by atoms with Crippen LogP contribution < -0.4 is 10.6 Å². The minimum absolute atomic E-state index is 0.0622. The van der Waals surface area contributed by atoms with Gasteiger partial charge in [0.15, 0.2) is 0 Å². The van der Waals surface area contributed by atoms with Gasteiger partial charge in [-0.05, 0) is 19.4 Å². The molecule has 7 heteroatoms. The van der Waals surface area contributed by atoms with Crippen LogP contribution in [0.5, 0.6) is 0 Å². The van der Waals surface area contributed by atoms with Gasteiger partial charge in [-0.15, -0.1) is 0 Å². The maximum absolute atomic E-state index is 12.2. The zero-order valence-corrected chi connectivity index (χ0v) is 15.4. The Kier molecular flexibility index (Phi) is 7.91. The molecule has 0 spiro atoms. The maximum Gasteiger partial charge on any atom is 0.240 e. The number of hydrogen-bond donors (Lipinski definition) is 2. The van der Waals surface area contributed by atoms with Crippen molar-refractivity contribution in [3.63, 3.8) is 0 Å². The summed E-state index contributed by atoms with van der Waals surface area (Å²) in [6, 6.07) is 1.73. The summed E-state index contributed by atoms with van der Waals surface area (Å²) in [7, 11) is 0. The minimum atomic E-state index is -0.219. The summed E-state index contributed by atoms with van der Waals surface area (Å²) >= 11 is 0. The second kappa shape index (κ2) is 9.42. The van der Waals surface area contributed by atoms with Crippen molar-refractivity contribution >= 4 is 17.7 Å². The molecule has 0 aliphatic carbocycles. The van der Waals surface area contributed by atoms with E-state index in [1.54, 1.807) is 6.07 Å². The largest absolute Gasteiger partial charge is 0.355 e. The van der Waals surface area contributed by atoms with E-state index < -0.39 is 0 Å². The molecule has 0 aliphatic heterocycles. The molecule has 2 N–H and O–H groups in total. The number of carbonyl (C=O) groups excluding carboxylic acids is 2. The van der Waals surface area contributed by atoms with Crippen molar-refractivity contribution < 1.29 is 14.1 Å². The fourth-order valence-electron chi connectivity index (χ4n) is 2.12. The molecule has 136 valence electrons. The van der Waals surface area contributed by atoms with Gasteiger partial charge < -0.3 is 9.84 Å². The van der Waals surface area contributed by atoms with Crippen molar-refractivity contribution in [3.05, 3.63) is 11.8 Å². The third kappa shape index (κ3) is 7.12. The molecular formula is C17H30N4O3. The van der Waals surface area contributed by atoms with Crippen molar-refractivity contribution in [2.45, 2.75) is 52.9 Å². The summed E-state index contributed by atoms with van der Waals surface area (Å²) in [6.45, 7) is 11.8. The van der Waals surface area contributed by atoms with Gasteiger partial charge in [-0.25, -0.2) is 0 Å². The number of nitrogens with zero attached hydrogens (tertiary/aromatic N) is 2. The van der Waals surface area contributed by atoms with Crippen molar-refractivity contribution in [3.8, 4) is 0 Å². The second-order valence-electron chi connectivity index (χ2n) is 6.94. The number of carbonyl (C=O) groups is 2. The predicted molar refractivity (Wildman–Crippen MR) is 93.9 cm³/mol. The Morgan fingerprint density at radius 2 is 1.83 bits per heavy atom. The third-order valence-corrected chi connectivity index (χ3v) is 3.39. The smallest absolute Gasteiger partial charge is 0.240 e. The minimum Gasteiger partial charge on any atom is -0.355 e. The molecule has 0 unspecified atom stereocenters. The molecule has 0 aromatic carbocycles. The molecule has 0 saturated carbocycles. The van der Waals surface area contributed by atoms with E-state index in [2.05, 4.69) is 15.8 Å². The Balaban J connectivity index is 2.55. The molecule has 7 nitrogen and oxygen atoms in total. The Bertz CT molecular complexity index is 534. The van der Waals surface area contributed by atoms with Crippen LogP contribution in [0.2, 0.25) is 0 Å². The van der Waals surface area contributed by atoms with Crippen molar-refractivity contribution in [2.24, 2.45) is 0 Å². The van der Waals surface area contributed by atoms with Crippen LogP contribution in [0.25, 0.3) is 0 Å². The Morgan fingerprint density at radius 3 is 2.38 bits per heavy atom. The Morgan fingerprint density at radius 1 is 1.17 bits per heavy atom. The maximum atomic E-state index is 12.2. The van der Waals surface area contributed by atoms with Gasteiger partial charge in [0, 0.05) is 18.0 Å². The summed E-state index contributed by atoms with van der Waals surface area (Å²) in [5.74, 6) is 0.0490. The molecule has 0 saturated heterocycles. The van der Waals surface area contributed by atoms with E-state index in [-0.39, 0.29) is 30.3 Å². The van der Waals surface area contributed by atoms with Gasteiger partial charge in [0.25, 0.3) is 0 Å². The van der Waals surface area contributed by atoms with E-state index in [0.29, 0.717) is 19.0 Å². The number of anilines is 1. The monoisotopic (exact) mass is 338 g/mol. The Hall–Kier alpha value is -1.89. The third-order valence-electron chi connectivity index (χ3n) is 3.39. The number of nitrogens with one attached hydrogen (secondary N) is 2. The van der Waals surface area contributed by atoms with Crippen LogP contribution in [0.4, 0.5) is 5.88 Å². The molecule has 2 amide bonds. The summed E-state index contributed by atoms with van der Waals surface area (Å²) in [4.78, 5) is 25.8. The van der Waals surface area contributed by atoms with E-state index in [1.807, 2.05) is 39.5 Å². The number of aromatic nitrogens is 1. The number of rotatable bonds is 9. The first kappa shape index (κ1) is 20.2. The van der Waals surface area contributed by atoms with Crippen LogP contribution in [-0.4, -0.2) is 48.0 Å². The van der Waals surface area contributed by atoms with E-state index in [9.17, 15) is 9.59 Å². The normalized spacial score (nSPS) is 11.6. The summed E-state index contributed by atoms with van der Waals surface area (Å²) in [5, 5.41) is 9.49. The van der Waals surface area contributed by atoms with E-state index in [1.165, 1.54) is 0 Å². The van der Waals surface area contributed by atoms with Crippen molar-refractivity contribution in [2.75, 3.05) is 31.5 Å². The lowest BCUT2D eigenvalue weighted by atomic mass is 9.92. The topological polar surface area (TPSA) is 87.5 Å². The molecule has 1 aromatic rings. The molecule has 1 rings (SSSR count). The molecule has 24 heavy (non-hydrogen) atoms. The second-order valence-corrected chi connectivity index (χ2v) is 6.94. The molecule has 0 fully saturated rings. The highest BCUT2D eigenvalue weighted by molar-refractivity contribution is 5.91. The number of amides is 2. The molecular weight excluding hydrogens is 308 g/mol. The highest BCUT2D eigenvalue weighted by atomic mass is 16.5. The molecule has 0 radical (unpaired) electrons. The first-order chi connectivity index (χ1) is 11.3. The summed E-state index contributed by atoms with van der Waals surface area (Å²) in [5.41, 5.74) is 0.639. The fourth-order valence-corrected chi connectivity index (χ4v) is 2.12. The molecule has 0 aliphatic rings. The van der Waals surface area contributed by atoms with E-state index >= 15 is 0 Å². The lowest BCUT2D eigenvalue weighted by Gasteiger charge is -2.20. The van der Waals surface area contributed by atoms with Crippen LogP contribution in [-0.2, 0) is 15.0 Å². The van der Waals surface area contributed by atoms with Crippen LogP contribution in [0, 0.1) is 0 Å². The van der Waals surface area contributed by atoms with Gasteiger partial charge in [0.05, 0.1) is 18.8 Å². The van der Waals surface area contributed by atoms with Gasteiger partial charge in [0.1, 0.15) is 0 Å². The quantitative estimate of drug-likeness (QED) is 0.720. The molecule has 0 atom stereocenters. The predicted octanol–water partition coefficient (Wildman–Crippen LogP) is 2.15. The Labute approximate surface area is 144 Å². The SMILES string of the molecule is CCCNC(=O)CN(CCC)CC(=O)Nc1cc(C(C)(C)C)no1. The van der Waals surface area contributed by atoms with Gasteiger partial charge in [-0.1, -0.05) is 39.8 Å². The zero-order valence-electron chi connectivity index (χ0n) is 15.4. The van der Waals surface area contributed by atoms with Crippen LogP contribution in [0.15, 0.2) is 10.6 Å². The average molecular weight is 338 g/mol. The highest BCUT2D eigenvalue weighted by Crippen LogP contribution is 2.23. The standard InChI is InChI=1S/C17H30N4O3/c1-6-8-18-14(22)11-21(9-7-2)12-15(23)19-16-10-13(20-24-16)17(3,4)5/h10H,6-9,11-12H2,1-5H3,(H,18,22)(H,19,23). The first-order valence-corrected chi connectivity index (χ1v) is 8.52. The highest BCUT2D eigenvalue weighted by Gasteiger charge is 2.20. The molecule has 0 bridgehead atoms.